The van der Waals surface area contributed by atoms with Crippen LogP contribution in [0.4, 0.5) is 5.13 Å². The Kier molecular flexibility index (Phi) is 8.91. The summed E-state index contributed by atoms with van der Waals surface area (Å²) in [5.74, 6) is 1.02. The molecule has 2 heterocycles. The Hall–Kier alpha value is -1.10. The Bertz CT molecular complexity index is 589. The number of hydrogen-bond acceptors (Lipinski definition) is 5. The Morgan fingerprint density at radius 2 is 2.24 bits per heavy atom. The highest BCUT2D eigenvalue weighted by atomic mass is 127. The Balaban J connectivity index is 0.00000312. The van der Waals surface area contributed by atoms with Gasteiger partial charge >= 0.3 is 0 Å². The molecule has 2 N–H and O–H groups in total. The summed E-state index contributed by atoms with van der Waals surface area (Å²) < 4.78 is 0. The molecule has 0 bridgehead atoms. The van der Waals surface area contributed by atoms with Crippen LogP contribution in [0.15, 0.2) is 10.4 Å². The van der Waals surface area contributed by atoms with Gasteiger partial charge in [0.2, 0.25) is 5.91 Å². The number of rotatable bonds is 5. The highest BCUT2D eigenvalue weighted by molar-refractivity contribution is 14.0. The molecule has 2 rings (SSSR count). The summed E-state index contributed by atoms with van der Waals surface area (Å²) in [5, 5.41) is 9.74. The zero-order chi connectivity index (χ0) is 17.7. The van der Waals surface area contributed by atoms with Gasteiger partial charge in [-0.15, -0.1) is 35.3 Å². The number of nitrogens with one attached hydrogen (secondary N) is 2. The zero-order valence-electron chi connectivity index (χ0n) is 15.6. The molecule has 1 atom stereocenters. The van der Waals surface area contributed by atoms with Gasteiger partial charge in [-0.2, -0.15) is 0 Å². The number of aromatic nitrogens is 1. The molecule has 0 radical (unpaired) electrons. The van der Waals surface area contributed by atoms with Crippen molar-refractivity contribution in [2.24, 2.45) is 10.9 Å². The van der Waals surface area contributed by atoms with E-state index in [9.17, 15) is 4.79 Å². The smallest absolute Gasteiger partial charge is 0.225 e. The fourth-order valence-electron chi connectivity index (χ4n) is 2.59. The number of likely N-dealkylation sites (tertiary alicyclic amines) is 1. The maximum Gasteiger partial charge on any atom is 0.225 e. The fraction of sp³-hybridized carbons (Fsp3) is 0.688. The number of anilines is 1. The van der Waals surface area contributed by atoms with Gasteiger partial charge in [-0.1, -0.05) is 13.8 Å². The molecule has 0 aromatic carbocycles. The maximum absolute atomic E-state index is 12.1. The van der Waals surface area contributed by atoms with Crippen molar-refractivity contribution >= 4 is 52.3 Å². The van der Waals surface area contributed by atoms with Crippen LogP contribution in [-0.2, 0) is 11.3 Å². The molecule has 1 aliphatic heterocycles. The summed E-state index contributed by atoms with van der Waals surface area (Å²) in [7, 11) is 5.73. The van der Waals surface area contributed by atoms with Gasteiger partial charge in [0, 0.05) is 51.6 Å². The molecule has 1 amide bonds. The number of nitrogens with zero attached hydrogens (tertiary/aromatic N) is 4. The predicted molar refractivity (Wildman–Crippen MR) is 115 cm³/mol. The molecular formula is C16H29IN6OS. The van der Waals surface area contributed by atoms with Crippen LogP contribution in [0.25, 0.3) is 0 Å². The SMILES string of the molecule is CN=C(NCc1csc(N(C)C)n1)NC1CCN(C(=O)C(C)C)C1.I. The lowest BCUT2D eigenvalue weighted by molar-refractivity contribution is -0.133. The third kappa shape index (κ3) is 6.28. The summed E-state index contributed by atoms with van der Waals surface area (Å²) >= 11 is 1.63. The molecule has 1 fully saturated rings. The van der Waals surface area contributed by atoms with Crippen molar-refractivity contribution in [3.8, 4) is 0 Å². The number of carbonyl (C=O) groups is 1. The van der Waals surface area contributed by atoms with Crippen LogP contribution in [0.5, 0.6) is 0 Å². The van der Waals surface area contributed by atoms with Crippen molar-refractivity contribution in [3.63, 3.8) is 0 Å². The second-order valence-corrected chi connectivity index (χ2v) is 7.35. The van der Waals surface area contributed by atoms with Crippen LogP contribution < -0.4 is 15.5 Å². The molecule has 7 nitrogen and oxygen atoms in total. The van der Waals surface area contributed by atoms with Crippen LogP contribution in [0.3, 0.4) is 0 Å². The first-order chi connectivity index (χ1) is 11.4. The zero-order valence-corrected chi connectivity index (χ0v) is 18.7. The van der Waals surface area contributed by atoms with Crippen LogP contribution in [0.1, 0.15) is 26.0 Å². The molecule has 1 unspecified atom stereocenters. The average Bonchev–Trinajstić information content (AvgIpc) is 3.19. The number of aliphatic imine (C=N–C) groups is 1. The third-order valence-electron chi connectivity index (χ3n) is 3.92. The van der Waals surface area contributed by atoms with Crippen LogP contribution in [-0.4, -0.2) is 62.0 Å². The molecule has 0 spiro atoms. The van der Waals surface area contributed by atoms with Crippen LogP contribution >= 0.6 is 35.3 Å². The molecule has 9 heteroatoms. The largest absolute Gasteiger partial charge is 0.354 e. The lowest BCUT2D eigenvalue weighted by Gasteiger charge is -2.20. The monoisotopic (exact) mass is 480 g/mol. The quantitative estimate of drug-likeness (QED) is 0.382. The summed E-state index contributed by atoms with van der Waals surface area (Å²) in [6.07, 6.45) is 0.945. The van der Waals surface area contributed by atoms with E-state index in [1.807, 2.05) is 43.1 Å². The standard InChI is InChI=1S/C16H28N6OS.HI/c1-11(2)14(23)22-7-6-12(9-22)19-15(17-3)18-8-13-10-24-16(20-13)21(4)5;/h10-12H,6-9H2,1-5H3,(H2,17,18,19);1H. The first kappa shape index (κ1) is 21.9. The van der Waals surface area contributed by atoms with Gasteiger partial charge in [-0.3, -0.25) is 9.79 Å². The van der Waals surface area contributed by atoms with Gasteiger partial charge in [0.25, 0.3) is 0 Å². The molecule has 1 aromatic rings. The summed E-state index contributed by atoms with van der Waals surface area (Å²) in [6.45, 7) is 6.06. The molecule has 25 heavy (non-hydrogen) atoms. The molecule has 0 saturated carbocycles. The maximum atomic E-state index is 12.1. The van der Waals surface area contributed by atoms with E-state index in [1.54, 1.807) is 18.4 Å². The van der Waals surface area contributed by atoms with Gasteiger partial charge in [0.15, 0.2) is 11.1 Å². The average molecular weight is 480 g/mol. The van der Waals surface area contributed by atoms with E-state index in [2.05, 4.69) is 20.6 Å². The topological polar surface area (TPSA) is 72.9 Å². The van der Waals surface area contributed by atoms with E-state index in [0.29, 0.717) is 6.54 Å². The van der Waals surface area contributed by atoms with E-state index in [4.69, 9.17) is 0 Å². The Labute approximate surface area is 171 Å². The lowest BCUT2D eigenvalue weighted by Crippen LogP contribution is -2.45. The summed E-state index contributed by atoms with van der Waals surface area (Å²) in [4.78, 5) is 24.8. The molecule has 142 valence electrons. The summed E-state index contributed by atoms with van der Waals surface area (Å²) in [5.41, 5.74) is 0.995. The van der Waals surface area contributed by atoms with Crippen molar-refractivity contribution in [2.45, 2.75) is 32.9 Å². The first-order valence-electron chi connectivity index (χ1n) is 8.28. The number of thiazole rings is 1. The van der Waals surface area contributed by atoms with Crippen LogP contribution in [0.2, 0.25) is 0 Å². The van der Waals surface area contributed by atoms with E-state index in [0.717, 1.165) is 36.3 Å². The second kappa shape index (κ2) is 10.1. The van der Waals surface area contributed by atoms with E-state index in [1.165, 1.54) is 0 Å². The lowest BCUT2D eigenvalue weighted by atomic mass is 10.2. The van der Waals surface area contributed by atoms with Crippen molar-refractivity contribution in [3.05, 3.63) is 11.1 Å². The Morgan fingerprint density at radius 1 is 1.52 bits per heavy atom. The fourth-order valence-corrected chi connectivity index (χ4v) is 3.35. The van der Waals surface area contributed by atoms with Crippen molar-refractivity contribution < 1.29 is 4.79 Å². The molecule has 1 saturated heterocycles. The normalized spacial score (nSPS) is 17.4. The molecule has 1 aromatic heterocycles. The van der Waals surface area contributed by atoms with Gasteiger partial charge < -0.3 is 20.4 Å². The minimum atomic E-state index is 0. The predicted octanol–water partition coefficient (Wildman–Crippen LogP) is 1.75. The van der Waals surface area contributed by atoms with Gasteiger partial charge in [0.05, 0.1) is 12.2 Å². The van der Waals surface area contributed by atoms with E-state index >= 15 is 0 Å². The van der Waals surface area contributed by atoms with Gasteiger partial charge in [0.1, 0.15) is 0 Å². The number of carbonyl (C=O) groups excluding carboxylic acids is 1. The summed E-state index contributed by atoms with van der Waals surface area (Å²) in [6, 6.07) is 0.242. The van der Waals surface area contributed by atoms with E-state index in [-0.39, 0.29) is 41.8 Å². The number of guanidine groups is 1. The van der Waals surface area contributed by atoms with Gasteiger partial charge in [-0.25, -0.2) is 4.98 Å². The first-order valence-corrected chi connectivity index (χ1v) is 9.16. The second-order valence-electron chi connectivity index (χ2n) is 6.51. The Morgan fingerprint density at radius 3 is 2.80 bits per heavy atom. The molecule has 0 aliphatic carbocycles. The van der Waals surface area contributed by atoms with Crippen molar-refractivity contribution in [1.29, 1.82) is 0 Å². The third-order valence-corrected chi connectivity index (χ3v) is 4.97. The van der Waals surface area contributed by atoms with Crippen LogP contribution in [0, 0.1) is 5.92 Å². The highest BCUT2D eigenvalue weighted by Crippen LogP contribution is 2.17. The minimum Gasteiger partial charge on any atom is -0.354 e. The van der Waals surface area contributed by atoms with Crippen molar-refractivity contribution in [1.82, 2.24) is 20.5 Å². The van der Waals surface area contributed by atoms with Gasteiger partial charge in [-0.05, 0) is 6.42 Å². The number of hydrogen-bond donors (Lipinski definition) is 2. The van der Waals surface area contributed by atoms with E-state index < -0.39 is 0 Å². The molecular weight excluding hydrogens is 451 g/mol. The molecule has 1 aliphatic rings. The number of halogens is 1. The highest BCUT2D eigenvalue weighted by Gasteiger charge is 2.27. The number of amides is 1. The van der Waals surface area contributed by atoms with Crippen molar-refractivity contribution in [2.75, 3.05) is 39.1 Å². The minimum absolute atomic E-state index is 0.